The lowest BCUT2D eigenvalue weighted by atomic mass is 9.95. The van der Waals surface area contributed by atoms with Crippen molar-refractivity contribution in [3.63, 3.8) is 0 Å². The summed E-state index contributed by atoms with van der Waals surface area (Å²) in [5, 5.41) is 0.0218. The maximum atomic E-state index is 13.4. The Bertz CT molecular complexity index is 856. The highest BCUT2D eigenvalue weighted by molar-refractivity contribution is 6.74. The van der Waals surface area contributed by atoms with Crippen LogP contribution in [0.5, 0.6) is 0 Å². The highest BCUT2D eigenvalue weighted by Crippen LogP contribution is 2.44. The smallest absolute Gasteiger partial charge is 0.194 e. The second-order valence-electron chi connectivity index (χ2n) is 9.96. The number of hydrogen-bond donors (Lipinski definition) is 0. The van der Waals surface area contributed by atoms with E-state index in [0.717, 1.165) is 5.56 Å². The van der Waals surface area contributed by atoms with Crippen molar-refractivity contribution in [1.82, 2.24) is 0 Å². The molecule has 1 saturated heterocycles. The standard InChI is InChI=1S/C25H34O4Si/c1-24(2,3)30(6,7)29-21(19-16-12-9-13-17-19)23-22(27-25(4,5)28-23)20(26)18-14-10-8-11-15-18/h8-17,21-23H,1-7H3/t21-,22+,23+/m1/s1. The van der Waals surface area contributed by atoms with Crippen LogP contribution in [0.25, 0.3) is 0 Å². The van der Waals surface area contributed by atoms with Gasteiger partial charge in [0.2, 0.25) is 0 Å². The Labute approximate surface area is 181 Å². The largest absolute Gasteiger partial charge is 0.407 e. The van der Waals surface area contributed by atoms with Crippen LogP contribution in [-0.2, 0) is 13.9 Å². The number of benzene rings is 2. The molecule has 0 N–H and O–H groups in total. The minimum Gasteiger partial charge on any atom is -0.407 e. The molecule has 4 nitrogen and oxygen atoms in total. The van der Waals surface area contributed by atoms with Crippen LogP contribution in [0.4, 0.5) is 0 Å². The van der Waals surface area contributed by atoms with Crippen LogP contribution in [0.1, 0.15) is 56.6 Å². The average molecular weight is 427 g/mol. The lowest BCUT2D eigenvalue weighted by molar-refractivity contribution is -0.152. The molecule has 0 aromatic heterocycles. The van der Waals surface area contributed by atoms with Crippen molar-refractivity contribution in [3.05, 3.63) is 71.8 Å². The van der Waals surface area contributed by atoms with Crippen LogP contribution in [-0.4, -0.2) is 32.1 Å². The van der Waals surface area contributed by atoms with Crippen molar-refractivity contribution in [2.45, 2.75) is 76.8 Å². The first-order chi connectivity index (χ1) is 13.9. The van der Waals surface area contributed by atoms with Gasteiger partial charge in [-0.25, -0.2) is 0 Å². The van der Waals surface area contributed by atoms with Gasteiger partial charge in [0, 0.05) is 5.56 Å². The molecular formula is C25H34O4Si. The van der Waals surface area contributed by atoms with Crippen molar-refractivity contribution in [3.8, 4) is 0 Å². The predicted molar refractivity (Wildman–Crippen MR) is 122 cm³/mol. The van der Waals surface area contributed by atoms with E-state index < -0.39 is 32.4 Å². The quantitative estimate of drug-likeness (QED) is 0.410. The summed E-state index contributed by atoms with van der Waals surface area (Å²) in [5.41, 5.74) is 1.62. The minimum absolute atomic E-state index is 0.0218. The molecule has 162 valence electrons. The maximum absolute atomic E-state index is 13.4. The molecule has 2 aromatic carbocycles. The zero-order chi connectivity index (χ0) is 22.2. The van der Waals surface area contributed by atoms with E-state index >= 15 is 0 Å². The van der Waals surface area contributed by atoms with E-state index in [4.69, 9.17) is 13.9 Å². The fraction of sp³-hybridized carbons (Fsp3) is 0.480. The molecule has 1 heterocycles. The van der Waals surface area contributed by atoms with Gasteiger partial charge in [0.15, 0.2) is 26.0 Å². The third-order valence-electron chi connectivity index (χ3n) is 6.10. The Hall–Kier alpha value is -1.79. The van der Waals surface area contributed by atoms with Gasteiger partial charge in [-0.15, -0.1) is 0 Å². The Morgan fingerprint density at radius 2 is 1.50 bits per heavy atom. The van der Waals surface area contributed by atoms with Crippen LogP contribution in [0.15, 0.2) is 60.7 Å². The summed E-state index contributed by atoms with van der Waals surface area (Å²) in [6, 6.07) is 19.3. The molecule has 0 bridgehead atoms. The third kappa shape index (κ3) is 4.91. The van der Waals surface area contributed by atoms with Gasteiger partial charge in [0.05, 0.1) is 6.10 Å². The van der Waals surface area contributed by atoms with Crippen molar-refractivity contribution in [2.75, 3.05) is 0 Å². The van der Waals surface area contributed by atoms with Crippen molar-refractivity contribution in [1.29, 1.82) is 0 Å². The number of Topliss-reactive ketones (excluding diaryl/α,β-unsaturated/α-hetero) is 1. The third-order valence-corrected chi connectivity index (χ3v) is 10.6. The van der Waals surface area contributed by atoms with Gasteiger partial charge in [-0.05, 0) is 37.5 Å². The van der Waals surface area contributed by atoms with E-state index in [-0.39, 0.29) is 10.8 Å². The molecule has 0 saturated carbocycles. The number of carbonyl (C=O) groups excluding carboxylic acids is 1. The van der Waals surface area contributed by atoms with Gasteiger partial charge in [0.25, 0.3) is 0 Å². The molecule has 1 fully saturated rings. The molecule has 5 heteroatoms. The second-order valence-corrected chi connectivity index (χ2v) is 14.7. The van der Waals surface area contributed by atoms with Gasteiger partial charge in [-0.1, -0.05) is 81.4 Å². The second kappa shape index (κ2) is 8.38. The van der Waals surface area contributed by atoms with Crippen LogP contribution < -0.4 is 0 Å². The van der Waals surface area contributed by atoms with Crippen molar-refractivity contribution >= 4 is 14.1 Å². The number of rotatable bonds is 6. The van der Waals surface area contributed by atoms with Crippen LogP contribution in [0, 0.1) is 0 Å². The fourth-order valence-electron chi connectivity index (χ4n) is 3.44. The SMILES string of the molecule is CC1(C)O[C@@H]([C@H](O[Si](C)(C)C(C)(C)C)c2ccccc2)[C@H](C(=O)c2ccccc2)O1. The molecule has 0 aliphatic carbocycles. The van der Waals surface area contributed by atoms with E-state index in [9.17, 15) is 4.79 Å². The summed E-state index contributed by atoms with van der Waals surface area (Å²) in [6.07, 6.45) is -1.67. The van der Waals surface area contributed by atoms with Crippen LogP contribution in [0.3, 0.4) is 0 Å². The van der Waals surface area contributed by atoms with Gasteiger partial charge in [-0.3, -0.25) is 4.79 Å². The summed E-state index contributed by atoms with van der Waals surface area (Å²) in [5.74, 6) is -0.949. The number of hydrogen-bond acceptors (Lipinski definition) is 4. The molecule has 2 aromatic rings. The van der Waals surface area contributed by atoms with Crippen LogP contribution >= 0.6 is 0 Å². The van der Waals surface area contributed by atoms with Gasteiger partial charge < -0.3 is 13.9 Å². The molecule has 30 heavy (non-hydrogen) atoms. The van der Waals surface area contributed by atoms with E-state index in [1.54, 1.807) is 0 Å². The van der Waals surface area contributed by atoms with E-state index in [2.05, 4.69) is 33.9 Å². The summed E-state index contributed by atoms with van der Waals surface area (Å²) in [7, 11) is -2.16. The summed E-state index contributed by atoms with van der Waals surface area (Å²) >= 11 is 0. The Morgan fingerprint density at radius 3 is 2.03 bits per heavy atom. The summed E-state index contributed by atoms with van der Waals surface area (Å²) in [6.45, 7) is 14.8. The first-order valence-electron chi connectivity index (χ1n) is 10.6. The zero-order valence-corrected chi connectivity index (χ0v) is 20.1. The van der Waals surface area contributed by atoms with E-state index in [1.165, 1.54) is 0 Å². The monoisotopic (exact) mass is 426 g/mol. The van der Waals surface area contributed by atoms with Crippen molar-refractivity contribution in [2.24, 2.45) is 0 Å². The van der Waals surface area contributed by atoms with E-state index in [1.807, 2.05) is 74.5 Å². The number of ether oxygens (including phenoxy) is 2. The molecular weight excluding hydrogens is 392 g/mol. The zero-order valence-electron chi connectivity index (χ0n) is 19.1. The molecule has 0 amide bonds. The van der Waals surface area contributed by atoms with E-state index in [0.29, 0.717) is 5.56 Å². The van der Waals surface area contributed by atoms with Gasteiger partial charge in [-0.2, -0.15) is 0 Å². The Balaban J connectivity index is 2.02. The minimum atomic E-state index is -2.16. The lowest BCUT2D eigenvalue weighted by Gasteiger charge is -2.41. The Morgan fingerprint density at radius 1 is 0.967 bits per heavy atom. The molecule has 3 atom stereocenters. The van der Waals surface area contributed by atoms with Gasteiger partial charge >= 0.3 is 0 Å². The molecule has 0 radical (unpaired) electrons. The number of ketones is 1. The predicted octanol–water partition coefficient (Wildman–Crippen LogP) is 6.15. The van der Waals surface area contributed by atoms with Crippen LogP contribution in [0.2, 0.25) is 18.1 Å². The molecule has 0 spiro atoms. The molecule has 3 rings (SSSR count). The fourth-order valence-corrected chi connectivity index (χ4v) is 4.70. The highest BCUT2D eigenvalue weighted by atomic mass is 28.4. The normalized spacial score (nSPS) is 22.6. The highest BCUT2D eigenvalue weighted by Gasteiger charge is 2.51. The number of carbonyl (C=O) groups is 1. The maximum Gasteiger partial charge on any atom is 0.194 e. The lowest BCUT2D eigenvalue weighted by Crippen LogP contribution is -2.46. The van der Waals surface area contributed by atoms with Gasteiger partial charge in [0.1, 0.15) is 6.10 Å². The topological polar surface area (TPSA) is 44.8 Å². The Kier molecular flexibility index (Phi) is 6.40. The average Bonchev–Trinajstić information content (AvgIpc) is 3.01. The summed E-state index contributed by atoms with van der Waals surface area (Å²) in [4.78, 5) is 13.4. The first-order valence-corrected chi connectivity index (χ1v) is 13.5. The molecule has 1 aliphatic heterocycles. The first kappa shape index (κ1) is 22.9. The summed E-state index contributed by atoms with van der Waals surface area (Å²) < 4.78 is 19.3. The molecule has 0 unspecified atom stereocenters. The van der Waals surface area contributed by atoms with Crippen molar-refractivity contribution < 1.29 is 18.7 Å². The molecule has 1 aliphatic rings.